The first-order chi connectivity index (χ1) is 9.61. The topological polar surface area (TPSA) is 47.3 Å². The molecule has 0 radical (unpaired) electrons. The molecule has 2 rings (SSSR count). The van der Waals surface area contributed by atoms with E-state index in [-0.39, 0.29) is 4.99 Å². The van der Waals surface area contributed by atoms with Gasteiger partial charge in [-0.1, -0.05) is 24.4 Å². The van der Waals surface area contributed by atoms with Crippen molar-refractivity contribution in [3.05, 3.63) is 53.8 Å². The second kappa shape index (κ2) is 6.34. The van der Waals surface area contributed by atoms with Crippen molar-refractivity contribution in [2.24, 2.45) is 5.73 Å². The summed E-state index contributed by atoms with van der Waals surface area (Å²) in [7, 11) is 0. The minimum absolute atomic E-state index is 0.171. The van der Waals surface area contributed by atoms with Gasteiger partial charge in [-0.15, -0.1) is 0 Å². The lowest BCUT2D eigenvalue weighted by molar-refractivity contribution is 0.342. The standard InChI is InChI=1S/C15H15FN2OS/c1-2-19-14-6-4-3-5-13(14)18-12-8-7-10(15(17)20)9-11(12)16/h3-9,18H,2H2,1H3,(H2,17,20). The van der Waals surface area contributed by atoms with Gasteiger partial charge in [0, 0.05) is 5.56 Å². The van der Waals surface area contributed by atoms with E-state index in [1.54, 1.807) is 12.1 Å². The summed E-state index contributed by atoms with van der Waals surface area (Å²) in [5.74, 6) is 0.259. The number of rotatable bonds is 5. The monoisotopic (exact) mass is 290 g/mol. The van der Waals surface area contributed by atoms with Crippen molar-refractivity contribution in [2.75, 3.05) is 11.9 Å². The van der Waals surface area contributed by atoms with Crippen molar-refractivity contribution in [3.8, 4) is 5.75 Å². The van der Waals surface area contributed by atoms with Crippen molar-refractivity contribution in [3.63, 3.8) is 0 Å². The summed E-state index contributed by atoms with van der Waals surface area (Å²) in [6, 6.07) is 12.0. The number of para-hydroxylation sites is 2. The Balaban J connectivity index is 2.28. The van der Waals surface area contributed by atoms with E-state index in [9.17, 15) is 4.39 Å². The molecule has 0 aliphatic heterocycles. The fourth-order valence-electron chi connectivity index (χ4n) is 1.77. The van der Waals surface area contributed by atoms with Crippen LogP contribution in [-0.2, 0) is 0 Å². The average molecular weight is 290 g/mol. The molecule has 0 atom stereocenters. The maximum absolute atomic E-state index is 14.0. The normalized spacial score (nSPS) is 10.1. The van der Waals surface area contributed by atoms with Gasteiger partial charge in [0.05, 0.1) is 18.0 Å². The molecule has 0 aromatic heterocycles. The largest absolute Gasteiger partial charge is 0.492 e. The molecule has 3 nitrogen and oxygen atoms in total. The maximum Gasteiger partial charge on any atom is 0.147 e. The van der Waals surface area contributed by atoms with Crippen LogP contribution in [0.2, 0.25) is 0 Å². The van der Waals surface area contributed by atoms with E-state index in [1.165, 1.54) is 6.07 Å². The summed E-state index contributed by atoms with van der Waals surface area (Å²) in [4.78, 5) is 0.171. The van der Waals surface area contributed by atoms with E-state index in [0.717, 1.165) is 0 Å². The number of hydrogen-bond acceptors (Lipinski definition) is 3. The predicted molar refractivity (Wildman–Crippen MR) is 83.2 cm³/mol. The second-order valence-electron chi connectivity index (χ2n) is 4.11. The molecule has 0 bridgehead atoms. The number of benzene rings is 2. The fraction of sp³-hybridized carbons (Fsp3) is 0.133. The van der Waals surface area contributed by atoms with Crippen molar-refractivity contribution in [1.82, 2.24) is 0 Å². The van der Waals surface area contributed by atoms with Crippen molar-refractivity contribution >= 4 is 28.6 Å². The summed E-state index contributed by atoms with van der Waals surface area (Å²) in [5.41, 5.74) is 7.02. The van der Waals surface area contributed by atoms with Gasteiger partial charge in [0.1, 0.15) is 16.6 Å². The lowest BCUT2D eigenvalue weighted by atomic mass is 10.2. The van der Waals surface area contributed by atoms with Gasteiger partial charge < -0.3 is 15.8 Å². The molecule has 3 N–H and O–H groups in total. The molecule has 0 aliphatic carbocycles. The minimum atomic E-state index is -0.415. The van der Waals surface area contributed by atoms with Gasteiger partial charge in [0.15, 0.2) is 0 Å². The van der Waals surface area contributed by atoms with E-state index in [1.807, 2.05) is 31.2 Å². The predicted octanol–water partition coefficient (Wildman–Crippen LogP) is 3.60. The number of nitrogens with two attached hydrogens (primary N) is 1. The van der Waals surface area contributed by atoms with Gasteiger partial charge in [-0.05, 0) is 37.3 Å². The Labute approximate surface area is 122 Å². The van der Waals surface area contributed by atoms with Crippen LogP contribution in [-0.4, -0.2) is 11.6 Å². The molecule has 0 fully saturated rings. The first kappa shape index (κ1) is 14.3. The zero-order valence-electron chi connectivity index (χ0n) is 11.0. The first-order valence-electron chi connectivity index (χ1n) is 6.20. The number of halogens is 1. The first-order valence-corrected chi connectivity index (χ1v) is 6.61. The van der Waals surface area contributed by atoms with Crippen LogP contribution in [0.4, 0.5) is 15.8 Å². The molecule has 0 aliphatic rings. The molecule has 0 saturated heterocycles. The van der Waals surface area contributed by atoms with Crippen molar-refractivity contribution in [1.29, 1.82) is 0 Å². The maximum atomic E-state index is 14.0. The molecule has 104 valence electrons. The smallest absolute Gasteiger partial charge is 0.147 e. The van der Waals surface area contributed by atoms with Crippen LogP contribution in [0.25, 0.3) is 0 Å². The molecule has 2 aromatic carbocycles. The third-order valence-electron chi connectivity index (χ3n) is 2.71. The third kappa shape index (κ3) is 3.24. The number of ether oxygens (including phenoxy) is 1. The highest BCUT2D eigenvalue weighted by atomic mass is 32.1. The Morgan fingerprint density at radius 1 is 1.25 bits per heavy atom. The minimum Gasteiger partial charge on any atom is -0.492 e. The Kier molecular flexibility index (Phi) is 4.53. The van der Waals surface area contributed by atoms with Crippen LogP contribution in [0.3, 0.4) is 0 Å². The molecule has 0 unspecified atom stereocenters. The number of hydrogen-bond donors (Lipinski definition) is 2. The summed E-state index contributed by atoms with van der Waals surface area (Å²) in [6.07, 6.45) is 0. The molecule has 0 heterocycles. The highest BCUT2D eigenvalue weighted by molar-refractivity contribution is 7.80. The van der Waals surface area contributed by atoms with Crippen LogP contribution in [0, 0.1) is 5.82 Å². The number of nitrogens with one attached hydrogen (secondary N) is 1. The van der Waals surface area contributed by atoms with Crippen LogP contribution < -0.4 is 15.8 Å². The number of thiocarbonyl (C=S) groups is 1. The Morgan fingerprint density at radius 2 is 2.00 bits per heavy atom. The Hall–Kier alpha value is -2.14. The van der Waals surface area contributed by atoms with Gasteiger partial charge in [-0.3, -0.25) is 0 Å². The quantitative estimate of drug-likeness (QED) is 0.826. The van der Waals surface area contributed by atoms with Crippen molar-refractivity contribution in [2.45, 2.75) is 6.92 Å². The Bertz CT molecular complexity index is 631. The molecular formula is C15H15FN2OS. The van der Waals surface area contributed by atoms with E-state index in [2.05, 4.69) is 5.32 Å². The zero-order valence-corrected chi connectivity index (χ0v) is 11.8. The van der Waals surface area contributed by atoms with E-state index < -0.39 is 5.82 Å². The van der Waals surface area contributed by atoms with Crippen LogP contribution in [0.5, 0.6) is 5.75 Å². The van der Waals surface area contributed by atoms with Gasteiger partial charge in [0.2, 0.25) is 0 Å². The van der Waals surface area contributed by atoms with Gasteiger partial charge in [0.25, 0.3) is 0 Å². The third-order valence-corrected chi connectivity index (χ3v) is 2.95. The lowest BCUT2D eigenvalue weighted by Crippen LogP contribution is -2.10. The molecule has 0 saturated carbocycles. The molecular weight excluding hydrogens is 275 g/mol. The summed E-state index contributed by atoms with van der Waals surface area (Å²) in [6.45, 7) is 2.44. The summed E-state index contributed by atoms with van der Waals surface area (Å²) in [5, 5.41) is 3.01. The second-order valence-corrected chi connectivity index (χ2v) is 4.55. The lowest BCUT2D eigenvalue weighted by Gasteiger charge is -2.13. The van der Waals surface area contributed by atoms with Crippen LogP contribution in [0.15, 0.2) is 42.5 Å². The molecule has 2 aromatic rings. The average Bonchev–Trinajstić information content (AvgIpc) is 2.43. The highest BCUT2D eigenvalue weighted by Crippen LogP contribution is 2.28. The van der Waals surface area contributed by atoms with Crippen LogP contribution in [0.1, 0.15) is 12.5 Å². The van der Waals surface area contributed by atoms with Crippen LogP contribution >= 0.6 is 12.2 Å². The highest BCUT2D eigenvalue weighted by Gasteiger charge is 2.08. The molecule has 20 heavy (non-hydrogen) atoms. The van der Waals surface area contributed by atoms with E-state index >= 15 is 0 Å². The SMILES string of the molecule is CCOc1ccccc1Nc1ccc(C(N)=S)cc1F. The van der Waals surface area contributed by atoms with Crippen molar-refractivity contribution < 1.29 is 9.13 Å². The van der Waals surface area contributed by atoms with Gasteiger partial charge in [-0.25, -0.2) is 4.39 Å². The number of anilines is 2. The molecule has 0 spiro atoms. The van der Waals surface area contributed by atoms with E-state index in [4.69, 9.17) is 22.7 Å². The summed E-state index contributed by atoms with van der Waals surface area (Å²) < 4.78 is 19.5. The zero-order chi connectivity index (χ0) is 14.5. The van der Waals surface area contributed by atoms with Gasteiger partial charge >= 0.3 is 0 Å². The molecule has 5 heteroatoms. The Morgan fingerprint density at radius 3 is 2.65 bits per heavy atom. The van der Waals surface area contributed by atoms with E-state index in [0.29, 0.717) is 29.3 Å². The molecule has 0 amide bonds. The fourth-order valence-corrected chi connectivity index (χ4v) is 1.89. The van der Waals surface area contributed by atoms with Gasteiger partial charge in [-0.2, -0.15) is 0 Å². The summed E-state index contributed by atoms with van der Waals surface area (Å²) >= 11 is 4.82.